The lowest BCUT2D eigenvalue weighted by Crippen LogP contribution is -1.92. The van der Waals surface area contributed by atoms with Gasteiger partial charge in [0.15, 0.2) is 0 Å². The molecule has 0 radical (unpaired) electrons. The maximum atomic E-state index is 5.56. The lowest BCUT2D eigenvalue weighted by Gasteiger charge is -1.87. The second kappa shape index (κ2) is 2.53. The minimum atomic E-state index is 0.883. The molecule has 1 nitrogen and oxygen atoms in total. The van der Waals surface area contributed by atoms with Gasteiger partial charge in [-0.15, -0.1) is 0 Å². The fraction of sp³-hybridized carbons (Fsp3) is 0.250. The van der Waals surface area contributed by atoms with Crippen LogP contribution in [0.15, 0.2) is 35.6 Å². The molecule has 0 heterocycles. The summed E-state index contributed by atoms with van der Waals surface area (Å²) in [7, 11) is 0. The van der Waals surface area contributed by atoms with Gasteiger partial charge >= 0.3 is 0 Å². The Morgan fingerprint density at radius 2 is 2.22 bits per heavy atom. The van der Waals surface area contributed by atoms with E-state index >= 15 is 0 Å². The molecule has 0 bridgehead atoms. The van der Waals surface area contributed by atoms with Gasteiger partial charge in [0, 0.05) is 12.1 Å². The van der Waals surface area contributed by atoms with Gasteiger partial charge in [0.2, 0.25) is 0 Å². The largest absolute Gasteiger partial charge is 0.402 e. The molecule has 0 fully saturated rings. The Morgan fingerprint density at radius 1 is 1.44 bits per heavy atom. The van der Waals surface area contributed by atoms with Crippen LogP contribution in [-0.2, 0) is 0 Å². The van der Waals surface area contributed by atoms with Crippen molar-refractivity contribution in [3.8, 4) is 0 Å². The van der Waals surface area contributed by atoms with Crippen molar-refractivity contribution in [1.29, 1.82) is 0 Å². The van der Waals surface area contributed by atoms with Gasteiger partial charge < -0.3 is 5.73 Å². The predicted octanol–water partition coefficient (Wildman–Crippen LogP) is 1.74. The summed E-state index contributed by atoms with van der Waals surface area (Å²) in [4.78, 5) is 0. The molecule has 0 aromatic carbocycles. The third kappa shape index (κ3) is 1.76. The van der Waals surface area contributed by atoms with E-state index in [-0.39, 0.29) is 0 Å². The summed E-state index contributed by atoms with van der Waals surface area (Å²) < 4.78 is 0. The SMILES string of the molecule is CC1=CC=C(N)CC=C1. The van der Waals surface area contributed by atoms with Gasteiger partial charge in [-0.25, -0.2) is 0 Å². The molecule has 1 rings (SSSR count). The zero-order valence-corrected chi connectivity index (χ0v) is 5.59. The third-order valence-electron chi connectivity index (χ3n) is 1.29. The maximum Gasteiger partial charge on any atom is 0.0119 e. The summed E-state index contributed by atoms with van der Waals surface area (Å²) in [6.07, 6.45) is 9.02. The van der Waals surface area contributed by atoms with E-state index < -0.39 is 0 Å². The van der Waals surface area contributed by atoms with E-state index in [4.69, 9.17) is 5.73 Å². The minimum absolute atomic E-state index is 0.883. The molecule has 0 saturated carbocycles. The van der Waals surface area contributed by atoms with Gasteiger partial charge in [0.1, 0.15) is 0 Å². The van der Waals surface area contributed by atoms with E-state index in [1.807, 2.05) is 12.2 Å². The third-order valence-corrected chi connectivity index (χ3v) is 1.29. The highest BCUT2D eigenvalue weighted by atomic mass is 14.6. The Kier molecular flexibility index (Phi) is 1.73. The molecule has 0 saturated heterocycles. The number of allylic oxidation sites excluding steroid dienone is 5. The molecule has 0 atom stereocenters. The summed E-state index contributed by atoms with van der Waals surface area (Å²) >= 11 is 0. The summed E-state index contributed by atoms with van der Waals surface area (Å²) in [5.41, 5.74) is 7.76. The van der Waals surface area contributed by atoms with Gasteiger partial charge in [0.25, 0.3) is 0 Å². The maximum absolute atomic E-state index is 5.56. The van der Waals surface area contributed by atoms with E-state index in [1.54, 1.807) is 0 Å². The smallest absolute Gasteiger partial charge is 0.0119 e. The first kappa shape index (κ1) is 6.14. The number of hydrogen-bond donors (Lipinski definition) is 1. The van der Waals surface area contributed by atoms with Crippen molar-refractivity contribution in [1.82, 2.24) is 0 Å². The van der Waals surface area contributed by atoms with Gasteiger partial charge in [-0.2, -0.15) is 0 Å². The van der Waals surface area contributed by atoms with Gasteiger partial charge in [-0.05, 0) is 13.0 Å². The highest BCUT2D eigenvalue weighted by molar-refractivity contribution is 5.28. The van der Waals surface area contributed by atoms with E-state index in [9.17, 15) is 0 Å². The predicted molar refractivity (Wildman–Crippen MR) is 39.8 cm³/mol. The van der Waals surface area contributed by atoms with Crippen molar-refractivity contribution >= 4 is 0 Å². The Balaban J connectivity index is 2.80. The molecular weight excluding hydrogens is 110 g/mol. The summed E-state index contributed by atoms with van der Waals surface area (Å²) in [6, 6.07) is 0. The van der Waals surface area contributed by atoms with Crippen molar-refractivity contribution in [2.45, 2.75) is 13.3 Å². The monoisotopic (exact) mass is 121 g/mol. The highest BCUT2D eigenvalue weighted by Crippen LogP contribution is 2.05. The molecule has 1 heteroatoms. The minimum Gasteiger partial charge on any atom is -0.402 e. The summed E-state index contributed by atoms with van der Waals surface area (Å²) in [5, 5.41) is 0. The Morgan fingerprint density at radius 3 is 3.00 bits per heavy atom. The molecule has 0 aromatic heterocycles. The first-order valence-corrected chi connectivity index (χ1v) is 3.08. The normalized spacial score (nSPS) is 18.3. The fourth-order valence-corrected chi connectivity index (χ4v) is 0.743. The average Bonchev–Trinajstić information content (AvgIpc) is 1.97. The van der Waals surface area contributed by atoms with Crippen LogP contribution >= 0.6 is 0 Å². The molecule has 48 valence electrons. The van der Waals surface area contributed by atoms with E-state index in [1.165, 1.54) is 5.57 Å². The lowest BCUT2D eigenvalue weighted by molar-refractivity contribution is 1.17. The van der Waals surface area contributed by atoms with Crippen LogP contribution in [0.2, 0.25) is 0 Å². The zero-order chi connectivity index (χ0) is 6.69. The topological polar surface area (TPSA) is 26.0 Å². The van der Waals surface area contributed by atoms with Crippen LogP contribution < -0.4 is 5.73 Å². The first-order valence-electron chi connectivity index (χ1n) is 3.08. The molecular formula is C8H11N. The van der Waals surface area contributed by atoms with E-state index in [0.717, 1.165) is 12.1 Å². The van der Waals surface area contributed by atoms with Crippen molar-refractivity contribution < 1.29 is 0 Å². The van der Waals surface area contributed by atoms with E-state index in [2.05, 4.69) is 19.1 Å². The molecule has 1 aliphatic carbocycles. The second-order valence-electron chi connectivity index (χ2n) is 2.26. The molecule has 0 amide bonds. The fourth-order valence-electron chi connectivity index (χ4n) is 0.743. The summed E-state index contributed by atoms with van der Waals surface area (Å²) in [6.45, 7) is 2.06. The van der Waals surface area contributed by atoms with E-state index in [0.29, 0.717) is 0 Å². The molecule has 0 spiro atoms. The van der Waals surface area contributed by atoms with Crippen LogP contribution in [0, 0.1) is 0 Å². The molecule has 2 N–H and O–H groups in total. The highest BCUT2D eigenvalue weighted by Gasteiger charge is 1.88. The Hall–Kier alpha value is -0.980. The number of rotatable bonds is 0. The zero-order valence-electron chi connectivity index (χ0n) is 5.59. The standard InChI is InChI=1S/C8H11N/c1-7-3-2-4-8(9)6-5-7/h2-3,5-6H,4,9H2,1H3. The Bertz CT molecular complexity index is 185. The second-order valence-corrected chi connectivity index (χ2v) is 2.26. The van der Waals surface area contributed by atoms with Crippen LogP contribution in [0.3, 0.4) is 0 Å². The van der Waals surface area contributed by atoms with Crippen LogP contribution in [0.4, 0.5) is 0 Å². The molecule has 0 aliphatic heterocycles. The van der Waals surface area contributed by atoms with Crippen LogP contribution in [-0.4, -0.2) is 0 Å². The van der Waals surface area contributed by atoms with Crippen LogP contribution in [0.5, 0.6) is 0 Å². The quantitative estimate of drug-likeness (QED) is 0.519. The van der Waals surface area contributed by atoms with Crippen molar-refractivity contribution in [2.75, 3.05) is 0 Å². The van der Waals surface area contributed by atoms with Crippen molar-refractivity contribution in [2.24, 2.45) is 5.73 Å². The molecule has 0 aromatic rings. The molecule has 1 aliphatic rings. The van der Waals surface area contributed by atoms with Crippen LogP contribution in [0.25, 0.3) is 0 Å². The average molecular weight is 121 g/mol. The van der Waals surface area contributed by atoms with Crippen molar-refractivity contribution in [3.05, 3.63) is 35.6 Å². The summed E-state index contributed by atoms with van der Waals surface area (Å²) in [5.74, 6) is 0. The number of nitrogens with two attached hydrogens (primary N) is 1. The van der Waals surface area contributed by atoms with Crippen LogP contribution in [0.1, 0.15) is 13.3 Å². The van der Waals surface area contributed by atoms with Crippen molar-refractivity contribution in [3.63, 3.8) is 0 Å². The van der Waals surface area contributed by atoms with Gasteiger partial charge in [-0.1, -0.05) is 23.8 Å². The Labute approximate surface area is 55.6 Å². The molecule has 0 unspecified atom stereocenters. The lowest BCUT2D eigenvalue weighted by atomic mass is 10.3. The number of hydrogen-bond acceptors (Lipinski definition) is 1. The first-order chi connectivity index (χ1) is 4.29. The molecule has 9 heavy (non-hydrogen) atoms. The van der Waals surface area contributed by atoms with Gasteiger partial charge in [-0.3, -0.25) is 0 Å². The van der Waals surface area contributed by atoms with Gasteiger partial charge in [0.05, 0.1) is 0 Å².